The minimum atomic E-state index is -0.287. The van der Waals surface area contributed by atoms with Crippen LogP contribution in [-0.4, -0.2) is 22.9 Å². The van der Waals surface area contributed by atoms with Crippen LogP contribution in [0.3, 0.4) is 0 Å². The fourth-order valence-electron chi connectivity index (χ4n) is 2.79. The van der Waals surface area contributed by atoms with Gasteiger partial charge in [0.2, 0.25) is 0 Å². The Kier molecular flexibility index (Phi) is 2.90. The third-order valence-corrected chi connectivity index (χ3v) is 4.20. The highest BCUT2D eigenvalue weighted by atomic mass is 16.5. The number of rotatable bonds is 2. The second kappa shape index (κ2) is 4.43. The van der Waals surface area contributed by atoms with E-state index >= 15 is 0 Å². The van der Waals surface area contributed by atoms with Crippen LogP contribution in [0.2, 0.25) is 0 Å². The molecule has 0 aromatic carbocycles. The van der Waals surface area contributed by atoms with E-state index in [0.29, 0.717) is 6.42 Å². The molecule has 1 heterocycles. The highest BCUT2D eigenvalue weighted by molar-refractivity contribution is 5.97. The van der Waals surface area contributed by atoms with E-state index in [9.17, 15) is 4.79 Å². The predicted octanol–water partition coefficient (Wildman–Crippen LogP) is 2.41. The standard InChI is InChI=1S/C14H18N2O2/c1-18-14(7-4-8-14)13-15-9-10-11(16-13)5-2-3-6-12(10)17/h9H,2-8H2,1H3. The van der Waals surface area contributed by atoms with Crippen LogP contribution >= 0.6 is 0 Å². The summed E-state index contributed by atoms with van der Waals surface area (Å²) in [6, 6.07) is 0. The van der Waals surface area contributed by atoms with E-state index in [1.54, 1.807) is 13.3 Å². The summed E-state index contributed by atoms with van der Waals surface area (Å²) in [6.45, 7) is 0. The fourth-order valence-corrected chi connectivity index (χ4v) is 2.79. The molecule has 1 fully saturated rings. The lowest BCUT2D eigenvalue weighted by atomic mass is 9.79. The summed E-state index contributed by atoms with van der Waals surface area (Å²) < 4.78 is 5.60. The van der Waals surface area contributed by atoms with Crippen LogP contribution < -0.4 is 0 Å². The third kappa shape index (κ3) is 1.75. The number of ketones is 1. The fraction of sp³-hybridized carbons (Fsp3) is 0.643. The van der Waals surface area contributed by atoms with Gasteiger partial charge in [-0.25, -0.2) is 9.97 Å². The molecule has 0 amide bonds. The summed E-state index contributed by atoms with van der Waals surface area (Å²) in [6.07, 6.45) is 8.35. The van der Waals surface area contributed by atoms with E-state index in [2.05, 4.69) is 9.97 Å². The maximum absolute atomic E-state index is 11.9. The number of hydrogen-bond acceptors (Lipinski definition) is 4. The minimum absolute atomic E-state index is 0.189. The molecule has 4 heteroatoms. The number of carbonyl (C=O) groups excluding carboxylic acids is 1. The Hall–Kier alpha value is -1.29. The van der Waals surface area contributed by atoms with Crippen molar-refractivity contribution in [3.63, 3.8) is 0 Å². The molecular formula is C14H18N2O2. The van der Waals surface area contributed by atoms with Crippen molar-refractivity contribution >= 4 is 5.78 Å². The number of Topliss-reactive ketones (excluding diaryl/α,β-unsaturated/α-hetero) is 1. The molecule has 0 spiro atoms. The van der Waals surface area contributed by atoms with Crippen molar-refractivity contribution in [3.05, 3.63) is 23.3 Å². The first-order valence-electron chi connectivity index (χ1n) is 6.70. The van der Waals surface area contributed by atoms with Crippen molar-refractivity contribution in [2.24, 2.45) is 0 Å². The predicted molar refractivity (Wildman–Crippen MR) is 66.5 cm³/mol. The van der Waals surface area contributed by atoms with Gasteiger partial charge >= 0.3 is 0 Å². The van der Waals surface area contributed by atoms with Crippen molar-refractivity contribution in [2.45, 2.75) is 50.5 Å². The first kappa shape index (κ1) is 11.8. The molecule has 96 valence electrons. The average Bonchev–Trinajstić information content (AvgIpc) is 2.51. The first-order chi connectivity index (χ1) is 8.75. The van der Waals surface area contributed by atoms with Gasteiger partial charge in [-0.1, -0.05) is 0 Å². The number of fused-ring (bicyclic) bond motifs is 1. The maximum atomic E-state index is 11.9. The molecule has 4 nitrogen and oxygen atoms in total. The topological polar surface area (TPSA) is 52.1 Å². The molecule has 0 unspecified atom stereocenters. The van der Waals surface area contributed by atoms with E-state index in [1.165, 1.54) is 0 Å². The quantitative estimate of drug-likeness (QED) is 0.752. The van der Waals surface area contributed by atoms with Gasteiger partial charge in [-0.15, -0.1) is 0 Å². The van der Waals surface area contributed by atoms with E-state index in [-0.39, 0.29) is 11.4 Å². The Morgan fingerprint density at radius 2 is 2.00 bits per heavy atom. The smallest absolute Gasteiger partial charge is 0.166 e. The number of aryl methyl sites for hydroxylation is 1. The van der Waals surface area contributed by atoms with Gasteiger partial charge in [-0.3, -0.25) is 4.79 Å². The Labute approximate surface area is 107 Å². The van der Waals surface area contributed by atoms with Gasteiger partial charge < -0.3 is 4.74 Å². The Bertz CT molecular complexity index is 475. The number of aromatic nitrogens is 2. The Morgan fingerprint density at radius 1 is 1.22 bits per heavy atom. The van der Waals surface area contributed by atoms with E-state index in [1.807, 2.05) is 0 Å². The van der Waals surface area contributed by atoms with Crippen LogP contribution in [0.5, 0.6) is 0 Å². The van der Waals surface area contributed by atoms with Crippen LogP contribution in [0.25, 0.3) is 0 Å². The first-order valence-corrected chi connectivity index (χ1v) is 6.70. The summed E-state index contributed by atoms with van der Waals surface area (Å²) in [4.78, 5) is 20.9. The molecule has 2 aliphatic rings. The second-order valence-corrected chi connectivity index (χ2v) is 5.24. The molecular weight excluding hydrogens is 228 g/mol. The highest BCUT2D eigenvalue weighted by Gasteiger charge is 2.42. The summed E-state index contributed by atoms with van der Waals surface area (Å²) in [5, 5.41) is 0. The van der Waals surface area contributed by atoms with Gasteiger partial charge in [-0.2, -0.15) is 0 Å². The van der Waals surface area contributed by atoms with Crippen molar-refractivity contribution in [2.75, 3.05) is 7.11 Å². The van der Waals surface area contributed by atoms with Gasteiger partial charge in [0.05, 0.1) is 11.3 Å². The molecule has 0 N–H and O–H groups in total. The molecule has 1 aromatic heterocycles. The summed E-state index contributed by atoms with van der Waals surface area (Å²) in [7, 11) is 1.72. The zero-order valence-corrected chi connectivity index (χ0v) is 10.7. The number of hydrogen-bond donors (Lipinski definition) is 0. The van der Waals surface area contributed by atoms with Gasteiger partial charge in [0.1, 0.15) is 5.60 Å². The summed E-state index contributed by atoms with van der Waals surface area (Å²) in [5.41, 5.74) is 1.36. The molecule has 1 saturated carbocycles. The molecule has 0 atom stereocenters. The lowest BCUT2D eigenvalue weighted by Gasteiger charge is -2.38. The van der Waals surface area contributed by atoms with E-state index in [0.717, 1.165) is 55.6 Å². The van der Waals surface area contributed by atoms with Crippen molar-refractivity contribution in [1.29, 1.82) is 0 Å². The van der Waals surface area contributed by atoms with Crippen molar-refractivity contribution < 1.29 is 9.53 Å². The van der Waals surface area contributed by atoms with Crippen LogP contribution in [0.15, 0.2) is 6.20 Å². The molecule has 0 aliphatic heterocycles. The average molecular weight is 246 g/mol. The number of carbonyl (C=O) groups is 1. The molecule has 1 aromatic rings. The molecule has 3 rings (SSSR count). The zero-order chi connectivity index (χ0) is 12.6. The molecule has 0 radical (unpaired) electrons. The van der Waals surface area contributed by atoms with Gasteiger partial charge in [0.25, 0.3) is 0 Å². The largest absolute Gasteiger partial charge is 0.370 e. The van der Waals surface area contributed by atoms with E-state index in [4.69, 9.17) is 4.74 Å². The van der Waals surface area contributed by atoms with Gasteiger partial charge in [0, 0.05) is 19.7 Å². The molecule has 0 bridgehead atoms. The normalized spacial score (nSPS) is 21.9. The Balaban J connectivity index is 2.00. The Morgan fingerprint density at radius 3 is 2.67 bits per heavy atom. The van der Waals surface area contributed by atoms with Crippen LogP contribution in [0.1, 0.15) is 60.4 Å². The zero-order valence-electron chi connectivity index (χ0n) is 10.7. The third-order valence-electron chi connectivity index (χ3n) is 4.20. The number of nitrogens with zero attached hydrogens (tertiary/aromatic N) is 2. The van der Waals surface area contributed by atoms with Gasteiger partial charge in [0.15, 0.2) is 11.6 Å². The molecule has 18 heavy (non-hydrogen) atoms. The summed E-state index contributed by atoms with van der Waals surface area (Å²) in [5.74, 6) is 0.957. The van der Waals surface area contributed by atoms with E-state index < -0.39 is 0 Å². The van der Waals surface area contributed by atoms with Crippen LogP contribution in [0.4, 0.5) is 0 Å². The monoisotopic (exact) mass is 246 g/mol. The second-order valence-electron chi connectivity index (χ2n) is 5.24. The van der Waals surface area contributed by atoms with Crippen molar-refractivity contribution in [1.82, 2.24) is 9.97 Å². The SMILES string of the molecule is COC1(c2ncc3c(n2)CCCCC3=O)CCC1. The van der Waals surface area contributed by atoms with Gasteiger partial charge in [-0.05, 0) is 38.5 Å². The van der Waals surface area contributed by atoms with Crippen LogP contribution in [-0.2, 0) is 16.8 Å². The highest BCUT2D eigenvalue weighted by Crippen LogP contribution is 2.42. The maximum Gasteiger partial charge on any atom is 0.166 e. The molecule has 2 aliphatic carbocycles. The lowest BCUT2D eigenvalue weighted by Crippen LogP contribution is -2.38. The minimum Gasteiger partial charge on any atom is -0.370 e. The number of ether oxygens (including phenoxy) is 1. The number of methoxy groups -OCH3 is 1. The molecule has 0 saturated heterocycles. The van der Waals surface area contributed by atoms with Crippen LogP contribution in [0, 0.1) is 0 Å². The van der Waals surface area contributed by atoms with Crippen molar-refractivity contribution in [3.8, 4) is 0 Å². The lowest BCUT2D eigenvalue weighted by molar-refractivity contribution is -0.0848. The summed E-state index contributed by atoms with van der Waals surface area (Å²) >= 11 is 0.